The molecule has 1 aromatic carbocycles. The van der Waals surface area contributed by atoms with Crippen molar-refractivity contribution in [2.75, 3.05) is 5.32 Å². The highest BCUT2D eigenvalue weighted by Gasteiger charge is 2.75. The van der Waals surface area contributed by atoms with Gasteiger partial charge in [-0.1, -0.05) is 26.0 Å². The number of rotatable bonds is 2. The van der Waals surface area contributed by atoms with Crippen molar-refractivity contribution in [2.24, 2.45) is 10.8 Å². The van der Waals surface area contributed by atoms with E-state index in [0.29, 0.717) is 18.5 Å². The number of esters is 1. The van der Waals surface area contributed by atoms with Crippen LogP contribution in [0.4, 0.5) is 5.69 Å². The van der Waals surface area contributed by atoms with E-state index >= 15 is 0 Å². The van der Waals surface area contributed by atoms with E-state index in [1.165, 1.54) is 0 Å². The highest BCUT2D eigenvalue weighted by molar-refractivity contribution is 9.10. The van der Waals surface area contributed by atoms with Crippen LogP contribution in [0.2, 0.25) is 0 Å². The summed E-state index contributed by atoms with van der Waals surface area (Å²) in [5.74, 6) is -0.505. The highest BCUT2D eigenvalue weighted by atomic mass is 79.9. The zero-order valence-electron chi connectivity index (χ0n) is 12.3. The quantitative estimate of drug-likeness (QED) is 0.829. The van der Waals surface area contributed by atoms with Crippen molar-refractivity contribution < 1.29 is 14.3 Å². The SMILES string of the molecule is CC1(C)[C@@]2(C)CC[C@]1(C(=O)Nc1ccccc1Br)OC2=O. The van der Waals surface area contributed by atoms with Gasteiger partial charge in [-0.2, -0.15) is 0 Å². The molecule has 1 aliphatic carbocycles. The number of amides is 1. The lowest BCUT2D eigenvalue weighted by Gasteiger charge is -2.35. The predicted octanol–water partition coefficient (Wildman–Crippen LogP) is 3.51. The number of halogens is 1. The lowest BCUT2D eigenvalue weighted by Crippen LogP contribution is -2.50. The van der Waals surface area contributed by atoms with Crippen LogP contribution in [0.25, 0.3) is 0 Å². The third kappa shape index (κ3) is 1.67. The van der Waals surface area contributed by atoms with E-state index < -0.39 is 16.4 Å². The molecule has 1 N–H and O–H groups in total. The maximum Gasteiger partial charge on any atom is 0.313 e. The molecule has 2 atom stereocenters. The molecule has 0 spiro atoms. The first kappa shape index (κ1) is 14.6. The minimum Gasteiger partial charge on any atom is -0.448 e. The first-order chi connectivity index (χ1) is 9.74. The standard InChI is InChI=1S/C16H18BrNO3/c1-14(2)15(3)8-9-16(14,21-13(15)20)12(19)18-11-7-5-4-6-10(11)17/h4-7H,8-9H2,1-3H3,(H,18,19)/t15-,16+/m0/s1. The van der Waals surface area contributed by atoms with E-state index in [1.807, 2.05) is 45.0 Å². The van der Waals surface area contributed by atoms with Crippen molar-refractivity contribution in [2.45, 2.75) is 39.2 Å². The minimum absolute atomic E-state index is 0.242. The molecule has 1 aromatic rings. The summed E-state index contributed by atoms with van der Waals surface area (Å²) in [5.41, 5.74) is -1.50. The molecule has 112 valence electrons. The Labute approximate surface area is 132 Å². The summed E-state index contributed by atoms with van der Waals surface area (Å²) in [6.45, 7) is 5.80. The number of ether oxygens (including phenoxy) is 1. The second-order valence-electron chi connectivity index (χ2n) is 6.61. The molecule has 0 unspecified atom stereocenters. The molecular weight excluding hydrogens is 334 g/mol. The smallest absolute Gasteiger partial charge is 0.313 e. The van der Waals surface area contributed by atoms with E-state index in [2.05, 4.69) is 21.2 Å². The summed E-state index contributed by atoms with van der Waals surface area (Å²) < 4.78 is 6.38. The van der Waals surface area contributed by atoms with Gasteiger partial charge in [-0.25, -0.2) is 0 Å². The number of benzene rings is 1. The Morgan fingerprint density at radius 1 is 1.24 bits per heavy atom. The molecule has 0 radical (unpaired) electrons. The topological polar surface area (TPSA) is 55.4 Å². The maximum absolute atomic E-state index is 12.8. The number of hydrogen-bond acceptors (Lipinski definition) is 3. The van der Waals surface area contributed by atoms with E-state index in [1.54, 1.807) is 0 Å². The molecule has 4 nitrogen and oxygen atoms in total. The lowest BCUT2D eigenvalue weighted by molar-refractivity contribution is -0.165. The van der Waals surface area contributed by atoms with Crippen LogP contribution in [-0.4, -0.2) is 17.5 Å². The summed E-state index contributed by atoms with van der Waals surface area (Å²) in [5, 5.41) is 2.90. The van der Waals surface area contributed by atoms with Gasteiger partial charge in [0.25, 0.3) is 5.91 Å². The molecule has 1 saturated heterocycles. The third-order valence-corrected chi connectivity index (χ3v) is 6.26. The highest BCUT2D eigenvalue weighted by Crippen LogP contribution is 2.65. The molecule has 2 bridgehead atoms. The third-order valence-electron chi connectivity index (χ3n) is 5.57. The van der Waals surface area contributed by atoms with Crippen molar-refractivity contribution in [3.8, 4) is 0 Å². The maximum atomic E-state index is 12.8. The van der Waals surface area contributed by atoms with Gasteiger partial charge in [0.15, 0.2) is 5.60 Å². The van der Waals surface area contributed by atoms with Crippen LogP contribution >= 0.6 is 15.9 Å². The van der Waals surface area contributed by atoms with Gasteiger partial charge >= 0.3 is 5.97 Å². The normalized spacial score (nSPS) is 32.9. The van der Waals surface area contributed by atoms with Gasteiger partial charge in [0.05, 0.1) is 11.1 Å². The zero-order valence-corrected chi connectivity index (χ0v) is 13.9. The van der Waals surface area contributed by atoms with Crippen molar-refractivity contribution in [3.05, 3.63) is 28.7 Å². The molecule has 3 rings (SSSR count). The average Bonchev–Trinajstić information content (AvgIpc) is 2.72. The molecule has 5 heteroatoms. The van der Waals surface area contributed by atoms with Gasteiger partial charge in [-0.15, -0.1) is 0 Å². The number of nitrogens with one attached hydrogen (secondary N) is 1. The number of anilines is 1. The fourth-order valence-electron chi connectivity index (χ4n) is 3.53. The molecule has 21 heavy (non-hydrogen) atoms. The Bertz CT molecular complexity index is 642. The number of fused-ring (bicyclic) bond motifs is 2. The van der Waals surface area contributed by atoms with Crippen molar-refractivity contribution in [1.29, 1.82) is 0 Å². The van der Waals surface area contributed by atoms with Gasteiger partial charge in [-0.05, 0) is 47.8 Å². The molecule has 1 saturated carbocycles. The molecule has 2 fully saturated rings. The Morgan fingerprint density at radius 3 is 2.43 bits per heavy atom. The van der Waals surface area contributed by atoms with E-state index in [9.17, 15) is 9.59 Å². The van der Waals surface area contributed by atoms with Crippen LogP contribution in [0.3, 0.4) is 0 Å². The number of carbonyl (C=O) groups excluding carboxylic acids is 2. The predicted molar refractivity (Wildman–Crippen MR) is 82.7 cm³/mol. The van der Waals surface area contributed by atoms with Crippen molar-refractivity contribution in [1.82, 2.24) is 0 Å². The minimum atomic E-state index is -1.08. The number of carbonyl (C=O) groups is 2. The van der Waals surface area contributed by atoms with Crippen LogP contribution in [0.1, 0.15) is 33.6 Å². The first-order valence-corrected chi connectivity index (χ1v) is 7.83. The van der Waals surface area contributed by atoms with E-state index in [0.717, 1.165) is 4.47 Å². The molecule has 0 aromatic heterocycles. The second-order valence-corrected chi connectivity index (χ2v) is 7.46. The first-order valence-electron chi connectivity index (χ1n) is 7.04. The molecule has 2 aliphatic rings. The van der Waals surface area contributed by atoms with Crippen LogP contribution in [0.5, 0.6) is 0 Å². The molecule has 1 heterocycles. The van der Waals surface area contributed by atoms with Crippen LogP contribution in [0, 0.1) is 10.8 Å². The monoisotopic (exact) mass is 351 g/mol. The molecule has 1 aliphatic heterocycles. The summed E-state index contributed by atoms with van der Waals surface area (Å²) in [6, 6.07) is 7.40. The van der Waals surface area contributed by atoms with Crippen LogP contribution in [0.15, 0.2) is 28.7 Å². The van der Waals surface area contributed by atoms with Crippen LogP contribution in [-0.2, 0) is 14.3 Å². The van der Waals surface area contributed by atoms with Gasteiger partial charge in [0.1, 0.15) is 0 Å². The largest absolute Gasteiger partial charge is 0.448 e. The summed E-state index contributed by atoms with van der Waals surface area (Å²) >= 11 is 3.41. The Hall–Kier alpha value is -1.36. The average molecular weight is 352 g/mol. The fourth-order valence-corrected chi connectivity index (χ4v) is 3.92. The Morgan fingerprint density at radius 2 is 1.90 bits per heavy atom. The summed E-state index contributed by atoms with van der Waals surface area (Å²) in [6.07, 6.45) is 1.25. The van der Waals surface area contributed by atoms with E-state index in [-0.39, 0.29) is 11.9 Å². The zero-order chi connectivity index (χ0) is 15.5. The second kappa shape index (κ2) is 4.32. The van der Waals surface area contributed by atoms with E-state index in [4.69, 9.17) is 4.74 Å². The van der Waals surface area contributed by atoms with Gasteiger partial charge in [-0.3, -0.25) is 9.59 Å². The van der Waals surface area contributed by atoms with Gasteiger partial charge < -0.3 is 10.1 Å². The van der Waals surface area contributed by atoms with Gasteiger partial charge in [0, 0.05) is 9.89 Å². The summed E-state index contributed by atoms with van der Waals surface area (Å²) in [7, 11) is 0. The molecule has 1 amide bonds. The fraction of sp³-hybridized carbons (Fsp3) is 0.500. The Kier molecular flexibility index (Phi) is 3.00. The van der Waals surface area contributed by atoms with Gasteiger partial charge in [0.2, 0.25) is 0 Å². The lowest BCUT2D eigenvalue weighted by atomic mass is 9.66. The number of hydrogen-bond donors (Lipinski definition) is 1. The summed E-state index contributed by atoms with van der Waals surface area (Å²) in [4.78, 5) is 25.0. The van der Waals surface area contributed by atoms with Crippen molar-refractivity contribution >= 4 is 33.5 Å². The van der Waals surface area contributed by atoms with Crippen LogP contribution < -0.4 is 5.32 Å². The Balaban J connectivity index is 1.96. The van der Waals surface area contributed by atoms with Crippen molar-refractivity contribution in [3.63, 3.8) is 0 Å². The number of para-hydroxylation sites is 1. The molecular formula is C16H18BrNO3.